The van der Waals surface area contributed by atoms with Gasteiger partial charge in [0, 0.05) is 12.0 Å². The van der Waals surface area contributed by atoms with Gasteiger partial charge in [-0.05, 0) is 57.5 Å². The molecule has 0 radical (unpaired) electrons. The molecule has 1 aliphatic heterocycles. The van der Waals surface area contributed by atoms with Crippen LogP contribution in [0.15, 0.2) is 36.0 Å². The van der Waals surface area contributed by atoms with E-state index in [1.165, 1.54) is 45.2 Å². The highest BCUT2D eigenvalue weighted by Gasteiger charge is 2.39. The lowest BCUT2D eigenvalue weighted by atomic mass is 9.68. The van der Waals surface area contributed by atoms with Gasteiger partial charge in [-0.25, -0.2) is 0 Å². The van der Waals surface area contributed by atoms with Gasteiger partial charge in [-0.2, -0.15) is 0 Å². The number of hydrogen-bond donors (Lipinski definition) is 0. The Balaban J connectivity index is 0.000000774. The molecule has 3 aliphatic rings. The molecule has 1 nitrogen and oxygen atoms in total. The molecule has 0 amide bonds. The Morgan fingerprint density at radius 2 is 2.05 bits per heavy atom. The van der Waals surface area contributed by atoms with Gasteiger partial charge in [-0.15, -0.1) is 0 Å². The topological polar surface area (TPSA) is 3.24 Å². The third kappa shape index (κ3) is 3.88. The normalized spacial score (nSPS) is 36.0. The zero-order chi connectivity index (χ0) is 15.1. The number of fused-ring (bicyclic) bond motifs is 3. The van der Waals surface area contributed by atoms with Crippen molar-refractivity contribution in [3.05, 3.63) is 36.0 Å². The average molecular weight is 287 g/mol. The molecule has 2 aliphatic carbocycles. The van der Waals surface area contributed by atoms with Crippen molar-refractivity contribution in [2.75, 3.05) is 13.1 Å². The maximum absolute atomic E-state index is 2.79. The van der Waals surface area contributed by atoms with Gasteiger partial charge in [-0.3, -0.25) is 0 Å². The third-order valence-electron chi connectivity index (χ3n) is 5.14. The van der Waals surface area contributed by atoms with E-state index in [1.54, 1.807) is 5.57 Å². The molecule has 3 rings (SSSR count). The first-order valence-corrected chi connectivity index (χ1v) is 9.16. The lowest BCUT2D eigenvalue weighted by Gasteiger charge is -2.48. The Hall–Kier alpha value is -0.820. The highest BCUT2D eigenvalue weighted by Crippen LogP contribution is 2.43. The quantitative estimate of drug-likeness (QED) is 0.618. The summed E-state index contributed by atoms with van der Waals surface area (Å²) < 4.78 is 0. The Morgan fingerprint density at radius 1 is 1.19 bits per heavy atom. The fourth-order valence-electron chi connectivity index (χ4n) is 4.33. The fraction of sp³-hybridized carbons (Fsp3) is 0.700. The Morgan fingerprint density at radius 3 is 2.86 bits per heavy atom. The van der Waals surface area contributed by atoms with Crippen molar-refractivity contribution in [2.24, 2.45) is 11.8 Å². The molecule has 0 bridgehead atoms. The molecule has 1 heterocycles. The highest BCUT2D eigenvalue weighted by molar-refractivity contribution is 5.26. The minimum atomic E-state index is 0.725. The van der Waals surface area contributed by atoms with Crippen LogP contribution in [0.1, 0.15) is 59.3 Å². The molecule has 1 saturated heterocycles. The van der Waals surface area contributed by atoms with E-state index in [0.29, 0.717) is 0 Å². The van der Waals surface area contributed by atoms with Crippen molar-refractivity contribution in [3.8, 4) is 0 Å². The van der Waals surface area contributed by atoms with Crippen molar-refractivity contribution in [1.82, 2.24) is 4.90 Å². The van der Waals surface area contributed by atoms with Crippen LogP contribution in [-0.4, -0.2) is 24.0 Å². The lowest BCUT2D eigenvalue weighted by Crippen LogP contribution is -2.50. The Bertz CT molecular complexity index is 389. The zero-order valence-corrected chi connectivity index (χ0v) is 14.2. The molecule has 3 atom stereocenters. The molecule has 0 spiro atoms. The van der Waals surface area contributed by atoms with E-state index in [9.17, 15) is 0 Å². The molecule has 2 unspecified atom stereocenters. The van der Waals surface area contributed by atoms with Crippen LogP contribution in [0.3, 0.4) is 0 Å². The minimum absolute atomic E-state index is 0.725. The van der Waals surface area contributed by atoms with Crippen molar-refractivity contribution >= 4 is 0 Å². The van der Waals surface area contributed by atoms with E-state index < -0.39 is 0 Å². The summed E-state index contributed by atoms with van der Waals surface area (Å²) in [5.74, 6) is 1.60. The van der Waals surface area contributed by atoms with Gasteiger partial charge in [-0.1, -0.05) is 56.7 Å². The number of piperidine rings is 1. The zero-order valence-electron chi connectivity index (χ0n) is 14.2. The maximum atomic E-state index is 2.79. The highest BCUT2D eigenvalue weighted by atomic mass is 15.2. The number of rotatable bonds is 2. The SMILES string of the molecule is CC.CCCN1CCC[C@@H]2C3C=CC/C=C\C=C/3CCC21. The van der Waals surface area contributed by atoms with Crippen LogP contribution in [-0.2, 0) is 0 Å². The van der Waals surface area contributed by atoms with Crippen LogP contribution in [0, 0.1) is 11.8 Å². The second-order valence-corrected chi connectivity index (χ2v) is 6.31. The summed E-state index contributed by atoms with van der Waals surface area (Å²) in [5, 5.41) is 0. The van der Waals surface area contributed by atoms with Gasteiger partial charge >= 0.3 is 0 Å². The molecule has 0 N–H and O–H groups in total. The molecule has 0 aromatic carbocycles. The van der Waals surface area contributed by atoms with E-state index in [0.717, 1.165) is 24.3 Å². The first-order valence-electron chi connectivity index (χ1n) is 9.16. The van der Waals surface area contributed by atoms with E-state index in [2.05, 4.69) is 42.2 Å². The summed E-state index contributed by atoms with van der Waals surface area (Å²) >= 11 is 0. The van der Waals surface area contributed by atoms with Crippen molar-refractivity contribution in [3.63, 3.8) is 0 Å². The lowest BCUT2D eigenvalue weighted by molar-refractivity contribution is 0.0571. The minimum Gasteiger partial charge on any atom is -0.300 e. The van der Waals surface area contributed by atoms with Gasteiger partial charge < -0.3 is 4.90 Å². The maximum Gasteiger partial charge on any atom is 0.0135 e. The molecule has 1 saturated carbocycles. The number of likely N-dealkylation sites (tertiary alicyclic amines) is 1. The summed E-state index contributed by atoms with van der Waals surface area (Å²) in [4.78, 5) is 2.79. The molecule has 118 valence electrons. The Kier molecular flexibility index (Phi) is 6.76. The molecule has 2 fully saturated rings. The number of nitrogens with zero attached hydrogens (tertiary/aromatic N) is 1. The molecule has 0 aromatic rings. The Labute approximate surface area is 131 Å². The molecular formula is C20H33N. The standard InChI is InChI=1S/C18H27N.C2H6/c1-2-13-19-14-7-10-17-16-9-6-4-3-5-8-15(16)11-12-18(17)19;1-2/h3,5-6,8-9,16-18H,2,4,7,10-14H2,1H3;1-2H3/b5-3-,9-6?,15-8-;/t16?,17-,18?;/m1./s1. The average Bonchev–Trinajstić information content (AvgIpc) is 2.50. The van der Waals surface area contributed by atoms with Crippen LogP contribution in [0.2, 0.25) is 0 Å². The molecule has 0 aromatic heterocycles. The summed E-state index contributed by atoms with van der Waals surface area (Å²) in [6.45, 7) is 8.96. The first kappa shape index (κ1) is 16.5. The van der Waals surface area contributed by atoms with Crippen LogP contribution in [0.4, 0.5) is 0 Å². The predicted molar refractivity (Wildman–Crippen MR) is 93.4 cm³/mol. The third-order valence-corrected chi connectivity index (χ3v) is 5.14. The second kappa shape index (κ2) is 8.58. The van der Waals surface area contributed by atoms with Gasteiger partial charge in [0.15, 0.2) is 0 Å². The van der Waals surface area contributed by atoms with Gasteiger partial charge in [0.25, 0.3) is 0 Å². The first-order chi connectivity index (χ1) is 10.4. The van der Waals surface area contributed by atoms with Crippen LogP contribution in [0.5, 0.6) is 0 Å². The molecule has 1 heteroatoms. The van der Waals surface area contributed by atoms with E-state index in [1.807, 2.05) is 13.8 Å². The monoisotopic (exact) mass is 287 g/mol. The van der Waals surface area contributed by atoms with Gasteiger partial charge in [0.2, 0.25) is 0 Å². The molecular weight excluding hydrogens is 254 g/mol. The fourth-order valence-corrected chi connectivity index (χ4v) is 4.33. The number of hydrogen-bond acceptors (Lipinski definition) is 1. The summed E-state index contributed by atoms with van der Waals surface area (Å²) in [6.07, 6.45) is 19.8. The summed E-state index contributed by atoms with van der Waals surface area (Å²) in [7, 11) is 0. The van der Waals surface area contributed by atoms with E-state index in [-0.39, 0.29) is 0 Å². The predicted octanol–water partition coefficient (Wildman–Crippen LogP) is 5.36. The van der Waals surface area contributed by atoms with Crippen molar-refractivity contribution in [1.29, 1.82) is 0 Å². The number of allylic oxidation sites excluding steroid dienone is 6. The van der Waals surface area contributed by atoms with Gasteiger partial charge in [0.1, 0.15) is 0 Å². The summed E-state index contributed by atoms with van der Waals surface area (Å²) in [5.41, 5.74) is 1.69. The molecule has 21 heavy (non-hydrogen) atoms. The van der Waals surface area contributed by atoms with Crippen LogP contribution < -0.4 is 0 Å². The van der Waals surface area contributed by atoms with Crippen LogP contribution in [0.25, 0.3) is 0 Å². The summed E-state index contributed by atoms with van der Waals surface area (Å²) in [6, 6.07) is 0.851. The van der Waals surface area contributed by atoms with E-state index >= 15 is 0 Å². The smallest absolute Gasteiger partial charge is 0.0135 e. The van der Waals surface area contributed by atoms with Crippen LogP contribution >= 0.6 is 0 Å². The van der Waals surface area contributed by atoms with Gasteiger partial charge in [0.05, 0.1) is 0 Å². The van der Waals surface area contributed by atoms with Crippen molar-refractivity contribution in [2.45, 2.75) is 65.3 Å². The van der Waals surface area contributed by atoms with E-state index in [4.69, 9.17) is 0 Å². The largest absolute Gasteiger partial charge is 0.300 e. The van der Waals surface area contributed by atoms with Crippen molar-refractivity contribution < 1.29 is 0 Å². The second-order valence-electron chi connectivity index (χ2n) is 6.31.